The Morgan fingerprint density at radius 3 is 2.96 bits per heavy atom. The van der Waals surface area contributed by atoms with E-state index < -0.39 is 0 Å². The average molecular weight is 376 g/mol. The number of aryl methyl sites for hydroxylation is 1. The first kappa shape index (κ1) is 18.6. The summed E-state index contributed by atoms with van der Waals surface area (Å²) in [5.74, 6) is 0.858. The van der Waals surface area contributed by atoms with E-state index in [2.05, 4.69) is 22.1 Å². The van der Waals surface area contributed by atoms with Crippen LogP contribution in [0.25, 0.3) is 0 Å². The smallest absolute Gasteiger partial charge is 0.307 e. The third-order valence-electron chi connectivity index (χ3n) is 4.40. The lowest BCUT2D eigenvalue weighted by Gasteiger charge is -2.32. The van der Waals surface area contributed by atoms with Crippen LogP contribution in [0.15, 0.2) is 28.5 Å². The van der Waals surface area contributed by atoms with Crippen LogP contribution >= 0.6 is 11.3 Å². The fourth-order valence-electron chi connectivity index (χ4n) is 2.91. The zero-order valence-electron chi connectivity index (χ0n) is 15.1. The summed E-state index contributed by atoms with van der Waals surface area (Å²) in [7, 11) is 0. The van der Waals surface area contributed by atoms with Crippen LogP contribution < -0.4 is 15.1 Å². The lowest BCUT2D eigenvalue weighted by atomic mass is 10.2. The molecule has 3 heterocycles. The Balaban J connectivity index is 1.47. The molecule has 0 aliphatic carbocycles. The molecule has 7 nitrogen and oxygen atoms in total. The van der Waals surface area contributed by atoms with Gasteiger partial charge >= 0.3 is 4.87 Å². The molecule has 1 atom stereocenters. The summed E-state index contributed by atoms with van der Waals surface area (Å²) in [6.45, 7) is 7.17. The largest absolute Gasteiger partial charge is 0.375 e. The van der Waals surface area contributed by atoms with Gasteiger partial charge in [0.15, 0.2) is 0 Å². The van der Waals surface area contributed by atoms with Gasteiger partial charge in [0.05, 0.1) is 12.7 Å². The molecule has 0 bridgehead atoms. The van der Waals surface area contributed by atoms with Crippen molar-refractivity contribution in [2.24, 2.45) is 0 Å². The molecule has 1 aliphatic heterocycles. The number of rotatable bonds is 6. The molecular formula is C18H24N4O3S. The molecule has 26 heavy (non-hydrogen) atoms. The number of carbonyl (C=O) groups excluding carboxylic acids is 1. The van der Waals surface area contributed by atoms with Crippen LogP contribution in [0.1, 0.15) is 24.6 Å². The normalized spacial score (nSPS) is 17.3. The summed E-state index contributed by atoms with van der Waals surface area (Å²) >= 11 is 1.16. The van der Waals surface area contributed by atoms with Crippen molar-refractivity contribution >= 4 is 23.1 Å². The highest BCUT2D eigenvalue weighted by Crippen LogP contribution is 2.15. The Hall–Kier alpha value is -2.19. The quantitative estimate of drug-likeness (QED) is 0.828. The van der Waals surface area contributed by atoms with E-state index in [4.69, 9.17) is 4.74 Å². The van der Waals surface area contributed by atoms with Crippen molar-refractivity contribution in [1.29, 1.82) is 0 Å². The minimum absolute atomic E-state index is 0.0208. The first-order valence-corrected chi connectivity index (χ1v) is 9.64. The molecule has 140 valence electrons. The number of hydrogen-bond donors (Lipinski definition) is 1. The van der Waals surface area contributed by atoms with Crippen molar-refractivity contribution in [2.75, 3.05) is 24.6 Å². The third-order valence-corrected chi connectivity index (χ3v) is 5.28. The fraction of sp³-hybridized carbons (Fsp3) is 0.500. The Bertz CT molecular complexity index is 800. The van der Waals surface area contributed by atoms with Gasteiger partial charge in [0.2, 0.25) is 5.91 Å². The molecule has 0 aromatic carbocycles. The Morgan fingerprint density at radius 1 is 1.46 bits per heavy atom. The van der Waals surface area contributed by atoms with E-state index in [0.717, 1.165) is 41.5 Å². The van der Waals surface area contributed by atoms with Crippen LogP contribution in [-0.2, 0) is 22.6 Å². The van der Waals surface area contributed by atoms with Gasteiger partial charge in [-0.15, -0.1) is 0 Å². The number of thiazole rings is 1. The van der Waals surface area contributed by atoms with Crippen LogP contribution in [0.4, 0.5) is 5.82 Å². The van der Waals surface area contributed by atoms with Gasteiger partial charge in [-0.25, -0.2) is 4.98 Å². The molecule has 0 spiro atoms. The maximum Gasteiger partial charge on any atom is 0.307 e. The molecule has 2 aromatic rings. The topological polar surface area (TPSA) is 76.5 Å². The highest BCUT2D eigenvalue weighted by molar-refractivity contribution is 7.07. The fourth-order valence-corrected chi connectivity index (χ4v) is 3.67. The second-order valence-electron chi connectivity index (χ2n) is 6.47. The van der Waals surface area contributed by atoms with E-state index in [9.17, 15) is 9.59 Å². The number of aromatic nitrogens is 2. The second kappa shape index (κ2) is 8.46. The zero-order valence-corrected chi connectivity index (χ0v) is 15.9. The average Bonchev–Trinajstić information content (AvgIpc) is 2.96. The Kier molecular flexibility index (Phi) is 6.05. The van der Waals surface area contributed by atoms with Crippen LogP contribution in [0.3, 0.4) is 0 Å². The van der Waals surface area contributed by atoms with Gasteiger partial charge in [-0.2, -0.15) is 0 Å². The van der Waals surface area contributed by atoms with E-state index >= 15 is 0 Å². The van der Waals surface area contributed by atoms with Crippen LogP contribution in [0.2, 0.25) is 0 Å². The number of nitrogens with zero attached hydrogens (tertiary/aromatic N) is 3. The molecule has 2 aromatic heterocycles. The predicted octanol–water partition coefficient (Wildman–Crippen LogP) is 1.54. The predicted molar refractivity (Wildman–Crippen MR) is 102 cm³/mol. The highest BCUT2D eigenvalue weighted by Gasteiger charge is 2.17. The van der Waals surface area contributed by atoms with Crippen molar-refractivity contribution in [2.45, 2.75) is 39.5 Å². The third kappa shape index (κ3) is 4.70. The van der Waals surface area contributed by atoms with Gasteiger partial charge in [0.25, 0.3) is 0 Å². The minimum atomic E-state index is -0.0754. The summed E-state index contributed by atoms with van der Waals surface area (Å²) < 4.78 is 7.17. The van der Waals surface area contributed by atoms with Crippen LogP contribution in [0.5, 0.6) is 0 Å². The molecule has 1 unspecified atom stereocenters. The molecule has 1 amide bonds. The van der Waals surface area contributed by atoms with Crippen molar-refractivity contribution in [3.63, 3.8) is 0 Å². The van der Waals surface area contributed by atoms with Gasteiger partial charge in [0, 0.05) is 49.9 Å². The van der Waals surface area contributed by atoms with Gasteiger partial charge in [-0.1, -0.05) is 17.4 Å². The van der Waals surface area contributed by atoms with Crippen molar-refractivity contribution < 1.29 is 9.53 Å². The Morgan fingerprint density at radius 2 is 2.31 bits per heavy atom. The maximum absolute atomic E-state index is 12.0. The first-order valence-electron chi connectivity index (χ1n) is 8.76. The van der Waals surface area contributed by atoms with E-state index in [1.807, 2.05) is 24.4 Å². The van der Waals surface area contributed by atoms with Gasteiger partial charge in [-0.3, -0.25) is 9.59 Å². The monoisotopic (exact) mass is 376 g/mol. The molecule has 1 N–H and O–H groups in total. The van der Waals surface area contributed by atoms with Gasteiger partial charge in [0.1, 0.15) is 5.82 Å². The van der Waals surface area contributed by atoms with E-state index in [1.54, 1.807) is 10.8 Å². The number of nitrogens with one attached hydrogen (secondary N) is 1. The lowest BCUT2D eigenvalue weighted by Crippen LogP contribution is -2.41. The van der Waals surface area contributed by atoms with Gasteiger partial charge < -0.3 is 19.5 Å². The second-order valence-corrected chi connectivity index (χ2v) is 7.29. The first-order chi connectivity index (χ1) is 12.5. The van der Waals surface area contributed by atoms with Gasteiger partial charge in [-0.05, 0) is 25.5 Å². The lowest BCUT2D eigenvalue weighted by molar-refractivity contribution is -0.121. The number of hydrogen-bond acceptors (Lipinski definition) is 6. The summed E-state index contributed by atoms with van der Waals surface area (Å²) in [6, 6.07) is 3.96. The van der Waals surface area contributed by atoms with E-state index in [0.29, 0.717) is 19.7 Å². The van der Waals surface area contributed by atoms with E-state index in [-0.39, 0.29) is 23.3 Å². The van der Waals surface area contributed by atoms with Crippen molar-refractivity contribution in [3.8, 4) is 0 Å². The summed E-state index contributed by atoms with van der Waals surface area (Å²) in [6.07, 6.45) is 2.29. The number of ether oxygens (including phenoxy) is 1. The van der Waals surface area contributed by atoms with E-state index in [1.165, 1.54) is 0 Å². The summed E-state index contributed by atoms with van der Waals surface area (Å²) in [5, 5.41) is 4.69. The summed E-state index contributed by atoms with van der Waals surface area (Å²) in [5.41, 5.74) is 1.84. The van der Waals surface area contributed by atoms with Crippen LogP contribution in [-0.4, -0.2) is 41.3 Å². The summed E-state index contributed by atoms with van der Waals surface area (Å²) in [4.78, 5) is 30.3. The van der Waals surface area contributed by atoms with Crippen molar-refractivity contribution in [3.05, 3.63) is 44.6 Å². The molecule has 8 heteroatoms. The zero-order chi connectivity index (χ0) is 18.5. The molecule has 1 saturated heterocycles. The standard InChI is InChI=1S/C18H24N4O3S/c1-13-12-26-18(24)22(13)6-5-17(23)20-10-15-3-4-16(19-9-15)21-7-8-25-14(2)11-21/h3-4,9,12,14H,5-8,10-11H2,1-2H3,(H,20,23). The molecular weight excluding hydrogens is 352 g/mol. The molecule has 1 aliphatic rings. The molecule has 3 rings (SSSR count). The number of carbonyl (C=O) groups is 1. The number of pyridine rings is 1. The van der Waals surface area contributed by atoms with Crippen LogP contribution in [0, 0.1) is 6.92 Å². The highest BCUT2D eigenvalue weighted by atomic mass is 32.1. The molecule has 1 fully saturated rings. The SMILES string of the molecule is Cc1csc(=O)n1CCC(=O)NCc1ccc(N2CCOC(C)C2)nc1. The maximum atomic E-state index is 12.0. The minimum Gasteiger partial charge on any atom is -0.375 e. The molecule has 0 radical (unpaired) electrons. The number of anilines is 1. The molecule has 0 saturated carbocycles. The Labute approximate surface area is 156 Å². The number of morpholine rings is 1. The number of amides is 1. The van der Waals surface area contributed by atoms with Crippen molar-refractivity contribution in [1.82, 2.24) is 14.9 Å².